The second-order valence-electron chi connectivity index (χ2n) is 18.0. The number of aryl methyl sites for hydroxylation is 4. The van der Waals surface area contributed by atoms with E-state index >= 15 is 0 Å². The van der Waals surface area contributed by atoms with Crippen LogP contribution >= 0.6 is 0 Å². The molecule has 0 bridgehead atoms. The van der Waals surface area contributed by atoms with E-state index in [1.807, 2.05) is 0 Å². The second-order valence-corrected chi connectivity index (χ2v) is 18.0. The van der Waals surface area contributed by atoms with Gasteiger partial charge in [-0.1, -0.05) is 187 Å². The first-order valence-electron chi connectivity index (χ1n) is 21.1. The van der Waals surface area contributed by atoms with Gasteiger partial charge in [0.1, 0.15) is 0 Å². The van der Waals surface area contributed by atoms with E-state index in [0.29, 0.717) is 0 Å². The highest BCUT2D eigenvalue weighted by molar-refractivity contribution is 5.31. The molecule has 6 aromatic carbocycles. The Hall–Kier alpha value is -4.80. The van der Waals surface area contributed by atoms with Gasteiger partial charge in [-0.2, -0.15) is 0 Å². The summed E-state index contributed by atoms with van der Waals surface area (Å²) in [5, 5.41) is 10.8. The third-order valence-corrected chi connectivity index (χ3v) is 11.1. The second kappa shape index (κ2) is 20.1. The monoisotopic (exact) mass is 756 g/mol. The van der Waals surface area contributed by atoms with Crippen LogP contribution in [0, 0.1) is 0 Å². The van der Waals surface area contributed by atoms with Crippen molar-refractivity contribution in [3.63, 3.8) is 0 Å². The standard InChI is InChI=1S/C54H65N3/c1-53(2,3)51-31-27-49(28-32-51)39-56-37-47-23-15-43(16-24-47)9-7-41-11-19-45(20-12-41)35-55-36-46-21-13-42(14-22-46)8-10-44-17-25-48(26-18-44)38-57-40-50-29-33-52(34-30-50)54(4,5)6/h11-34,55-57H,7-10,35-40H2,1-6H3. The lowest BCUT2D eigenvalue weighted by molar-refractivity contribution is 0.589. The van der Waals surface area contributed by atoms with Crippen LogP contribution in [-0.2, 0) is 75.8 Å². The largest absolute Gasteiger partial charge is 0.309 e. The van der Waals surface area contributed by atoms with Crippen LogP contribution in [0.3, 0.4) is 0 Å². The smallest absolute Gasteiger partial charge is 0.0208 e. The summed E-state index contributed by atoms with van der Waals surface area (Å²) in [6.45, 7) is 18.8. The van der Waals surface area contributed by atoms with Gasteiger partial charge in [-0.25, -0.2) is 0 Å². The van der Waals surface area contributed by atoms with Crippen LogP contribution in [0.15, 0.2) is 146 Å². The van der Waals surface area contributed by atoms with E-state index in [9.17, 15) is 0 Å². The van der Waals surface area contributed by atoms with Crippen molar-refractivity contribution in [1.82, 2.24) is 16.0 Å². The van der Waals surface area contributed by atoms with Gasteiger partial charge in [0.25, 0.3) is 0 Å². The summed E-state index contributed by atoms with van der Waals surface area (Å²) < 4.78 is 0. The van der Waals surface area contributed by atoms with Crippen LogP contribution in [-0.4, -0.2) is 0 Å². The molecule has 0 amide bonds. The van der Waals surface area contributed by atoms with Crippen molar-refractivity contribution in [3.8, 4) is 0 Å². The molecule has 296 valence electrons. The first kappa shape index (κ1) is 41.8. The van der Waals surface area contributed by atoms with Gasteiger partial charge in [0.2, 0.25) is 0 Å². The summed E-state index contributed by atoms with van der Waals surface area (Å²) in [5.74, 6) is 0. The van der Waals surface area contributed by atoms with Crippen molar-refractivity contribution in [1.29, 1.82) is 0 Å². The van der Waals surface area contributed by atoms with Gasteiger partial charge < -0.3 is 16.0 Å². The normalized spacial score (nSPS) is 11.9. The topological polar surface area (TPSA) is 36.1 Å². The van der Waals surface area contributed by atoms with Gasteiger partial charge in [0.05, 0.1) is 0 Å². The summed E-state index contributed by atoms with van der Waals surface area (Å²) in [5.41, 5.74) is 16.7. The zero-order valence-corrected chi connectivity index (χ0v) is 35.4. The van der Waals surface area contributed by atoms with Gasteiger partial charge in [-0.15, -0.1) is 0 Å². The summed E-state index contributed by atoms with van der Waals surface area (Å²) >= 11 is 0. The maximum atomic E-state index is 3.64. The van der Waals surface area contributed by atoms with Crippen LogP contribution in [0.2, 0.25) is 0 Å². The number of hydrogen-bond acceptors (Lipinski definition) is 3. The molecule has 57 heavy (non-hydrogen) atoms. The molecule has 3 nitrogen and oxygen atoms in total. The van der Waals surface area contributed by atoms with Crippen molar-refractivity contribution >= 4 is 0 Å². The van der Waals surface area contributed by atoms with Crippen molar-refractivity contribution in [2.75, 3.05) is 0 Å². The van der Waals surface area contributed by atoms with E-state index in [0.717, 1.165) is 65.0 Å². The molecule has 0 aromatic heterocycles. The number of rotatable bonds is 18. The Labute approximate surface area is 344 Å². The molecular weight excluding hydrogens is 691 g/mol. The van der Waals surface area contributed by atoms with Crippen LogP contribution in [0.1, 0.15) is 108 Å². The molecule has 0 radical (unpaired) electrons. The molecule has 3 N–H and O–H groups in total. The Bertz CT molecular complexity index is 1910. The van der Waals surface area contributed by atoms with Crippen molar-refractivity contribution < 1.29 is 0 Å². The predicted octanol–water partition coefficient (Wildman–Crippen LogP) is 11.7. The van der Waals surface area contributed by atoms with Gasteiger partial charge in [0, 0.05) is 39.3 Å². The molecule has 6 rings (SSSR count). The Morgan fingerprint density at radius 3 is 0.579 bits per heavy atom. The van der Waals surface area contributed by atoms with Crippen LogP contribution < -0.4 is 16.0 Å². The lowest BCUT2D eigenvalue weighted by Gasteiger charge is -2.19. The molecule has 0 unspecified atom stereocenters. The minimum absolute atomic E-state index is 0.195. The molecule has 0 atom stereocenters. The fraction of sp³-hybridized carbons (Fsp3) is 0.333. The van der Waals surface area contributed by atoms with E-state index in [2.05, 4.69) is 203 Å². The average Bonchev–Trinajstić information content (AvgIpc) is 3.21. The van der Waals surface area contributed by atoms with Crippen molar-refractivity contribution in [3.05, 3.63) is 212 Å². The third kappa shape index (κ3) is 13.7. The maximum Gasteiger partial charge on any atom is 0.0208 e. The van der Waals surface area contributed by atoms with Crippen molar-refractivity contribution in [2.45, 2.75) is 117 Å². The molecular formula is C54H65N3. The van der Waals surface area contributed by atoms with Gasteiger partial charge in [-0.05, 0) is 103 Å². The highest BCUT2D eigenvalue weighted by Crippen LogP contribution is 2.23. The van der Waals surface area contributed by atoms with E-state index in [4.69, 9.17) is 0 Å². The van der Waals surface area contributed by atoms with Crippen LogP contribution in [0.4, 0.5) is 0 Å². The fourth-order valence-electron chi connectivity index (χ4n) is 7.17. The Morgan fingerprint density at radius 2 is 0.404 bits per heavy atom. The molecule has 0 heterocycles. The molecule has 3 heteroatoms. The van der Waals surface area contributed by atoms with E-state index in [1.165, 1.54) is 66.8 Å². The van der Waals surface area contributed by atoms with Gasteiger partial charge in [-0.3, -0.25) is 0 Å². The zero-order chi connectivity index (χ0) is 40.1. The average molecular weight is 756 g/mol. The van der Waals surface area contributed by atoms with Crippen molar-refractivity contribution in [2.24, 2.45) is 0 Å². The summed E-state index contributed by atoms with van der Waals surface area (Å²) in [6.07, 6.45) is 4.22. The predicted molar refractivity (Wildman–Crippen MR) is 242 cm³/mol. The highest BCUT2D eigenvalue weighted by atomic mass is 14.9. The molecule has 6 aromatic rings. The Balaban J connectivity index is 0.834. The summed E-state index contributed by atoms with van der Waals surface area (Å²) in [7, 11) is 0. The minimum atomic E-state index is 0.195. The molecule has 0 aliphatic carbocycles. The zero-order valence-electron chi connectivity index (χ0n) is 35.4. The van der Waals surface area contributed by atoms with Crippen LogP contribution in [0.25, 0.3) is 0 Å². The molecule has 0 fully saturated rings. The van der Waals surface area contributed by atoms with E-state index in [-0.39, 0.29) is 10.8 Å². The Kier molecular flexibility index (Phi) is 14.7. The maximum absolute atomic E-state index is 3.64. The molecule has 0 aliphatic rings. The van der Waals surface area contributed by atoms with Gasteiger partial charge in [0.15, 0.2) is 0 Å². The lowest BCUT2D eigenvalue weighted by atomic mass is 9.87. The first-order chi connectivity index (χ1) is 27.5. The van der Waals surface area contributed by atoms with Gasteiger partial charge >= 0.3 is 0 Å². The fourth-order valence-corrected chi connectivity index (χ4v) is 7.17. The lowest BCUT2D eigenvalue weighted by Crippen LogP contribution is -2.14. The summed E-state index contributed by atoms with van der Waals surface area (Å²) in [6, 6.07) is 54.4. The third-order valence-electron chi connectivity index (χ3n) is 11.1. The quantitative estimate of drug-likeness (QED) is 0.0817. The Morgan fingerprint density at radius 1 is 0.246 bits per heavy atom. The molecule has 0 spiro atoms. The number of hydrogen-bond donors (Lipinski definition) is 3. The molecule has 0 saturated heterocycles. The summed E-state index contributed by atoms with van der Waals surface area (Å²) in [4.78, 5) is 0. The van der Waals surface area contributed by atoms with E-state index < -0.39 is 0 Å². The molecule has 0 saturated carbocycles. The SMILES string of the molecule is CC(C)(C)c1ccc(CNCc2ccc(CCc3ccc(CNCc4ccc(CCc5ccc(CNCc6ccc(C(C)(C)C)cc6)cc5)cc4)cc3)cc2)cc1. The number of nitrogens with one attached hydrogen (secondary N) is 3. The van der Waals surface area contributed by atoms with E-state index in [1.54, 1.807) is 0 Å². The first-order valence-corrected chi connectivity index (χ1v) is 21.1. The minimum Gasteiger partial charge on any atom is -0.309 e. The molecule has 0 aliphatic heterocycles. The van der Waals surface area contributed by atoms with Crippen LogP contribution in [0.5, 0.6) is 0 Å². The number of benzene rings is 6. The highest BCUT2D eigenvalue weighted by Gasteiger charge is 2.14.